The lowest BCUT2D eigenvalue weighted by Gasteiger charge is -2.22. The molecule has 0 aliphatic heterocycles. The fraction of sp³-hybridized carbons (Fsp3) is 0.364. The number of hydrogen-bond donors (Lipinski definition) is 2. The minimum atomic E-state index is -0.742. The van der Waals surface area contributed by atoms with E-state index in [0.29, 0.717) is 22.6 Å². The third-order valence-corrected chi connectivity index (χ3v) is 3.13. The standard InChI is InChI=1S/C11H14ClN5O/c1-11(2,9(13)18)5-17-8-6(12)3-15-4-7(8)16-10(17)14/h3-4H,5H2,1-2H3,(H2,13,18)(H2,14,16). The number of anilines is 1. The van der Waals surface area contributed by atoms with Crippen LogP contribution in [0, 0.1) is 5.41 Å². The summed E-state index contributed by atoms with van der Waals surface area (Å²) in [5.74, 6) is -0.122. The van der Waals surface area contributed by atoms with Gasteiger partial charge in [0.25, 0.3) is 0 Å². The molecule has 0 fully saturated rings. The van der Waals surface area contributed by atoms with Crippen molar-refractivity contribution in [3.8, 4) is 0 Å². The molecule has 0 saturated carbocycles. The van der Waals surface area contributed by atoms with E-state index in [9.17, 15) is 4.79 Å². The fourth-order valence-electron chi connectivity index (χ4n) is 1.70. The van der Waals surface area contributed by atoms with E-state index in [0.717, 1.165) is 0 Å². The molecule has 2 aromatic heterocycles. The number of primary amides is 1. The average Bonchev–Trinajstić information content (AvgIpc) is 2.56. The molecule has 0 aromatic carbocycles. The maximum Gasteiger partial charge on any atom is 0.224 e. The molecular formula is C11H14ClN5O. The summed E-state index contributed by atoms with van der Waals surface area (Å²) in [6, 6.07) is 0. The highest BCUT2D eigenvalue weighted by Gasteiger charge is 2.27. The molecular weight excluding hydrogens is 254 g/mol. The fourth-order valence-corrected chi connectivity index (χ4v) is 1.95. The number of imidazole rings is 1. The molecule has 0 saturated heterocycles. The summed E-state index contributed by atoms with van der Waals surface area (Å²) in [6.07, 6.45) is 3.09. The van der Waals surface area contributed by atoms with Gasteiger partial charge < -0.3 is 16.0 Å². The normalized spacial score (nSPS) is 11.9. The van der Waals surface area contributed by atoms with E-state index >= 15 is 0 Å². The molecule has 4 N–H and O–H groups in total. The average molecular weight is 268 g/mol. The molecule has 0 aliphatic carbocycles. The van der Waals surface area contributed by atoms with E-state index < -0.39 is 11.3 Å². The van der Waals surface area contributed by atoms with Crippen molar-refractivity contribution >= 4 is 34.5 Å². The zero-order valence-corrected chi connectivity index (χ0v) is 10.9. The first-order valence-corrected chi connectivity index (χ1v) is 5.76. The lowest BCUT2D eigenvalue weighted by molar-refractivity contribution is -0.126. The molecule has 0 atom stereocenters. The monoisotopic (exact) mass is 267 g/mol. The van der Waals surface area contributed by atoms with Crippen molar-refractivity contribution in [3.05, 3.63) is 17.4 Å². The van der Waals surface area contributed by atoms with E-state index in [-0.39, 0.29) is 5.95 Å². The van der Waals surface area contributed by atoms with Crippen molar-refractivity contribution in [2.45, 2.75) is 20.4 Å². The lowest BCUT2D eigenvalue weighted by Crippen LogP contribution is -2.35. The van der Waals surface area contributed by atoms with Crippen LogP contribution in [0.25, 0.3) is 11.0 Å². The van der Waals surface area contributed by atoms with Crippen molar-refractivity contribution in [3.63, 3.8) is 0 Å². The summed E-state index contributed by atoms with van der Waals surface area (Å²) in [7, 11) is 0. The highest BCUT2D eigenvalue weighted by atomic mass is 35.5. The first kappa shape index (κ1) is 12.6. The summed E-state index contributed by atoms with van der Waals surface area (Å²) in [6.45, 7) is 3.81. The van der Waals surface area contributed by atoms with E-state index in [1.54, 1.807) is 24.6 Å². The molecule has 2 heterocycles. The smallest absolute Gasteiger partial charge is 0.224 e. The van der Waals surface area contributed by atoms with Gasteiger partial charge in [-0.15, -0.1) is 0 Å². The number of amides is 1. The Morgan fingerprint density at radius 1 is 1.50 bits per heavy atom. The molecule has 6 nitrogen and oxygen atoms in total. The third-order valence-electron chi connectivity index (χ3n) is 2.86. The SMILES string of the molecule is CC(C)(Cn1c(N)nc2cncc(Cl)c21)C(N)=O. The maximum atomic E-state index is 11.4. The number of fused-ring (bicyclic) bond motifs is 1. The predicted octanol–water partition coefficient (Wildman–Crippen LogP) is 1.18. The Hall–Kier alpha value is -1.82. The van der Waals surface area contributed by atoms with E-state index in [4.69, 9.17) is 23.1 Å². The molecule has 0 aliphatic rings. The van der Waals surface area contributed by atoms with E-state index in [1.807, 2.05) is 0 Å². The second-order valence-corrected chi connectivity index (χ2v) is 5.20. The summed E-state index contributed by atoms with van der Waals surface area (Å²) in [5, 5.41) is 0.442. The molecule has 96 valence electrons. The molecule has 18 heavy (non-hydrogen) atoms. The largest absolute Gasteiger partial charge is 0.369 e. The number of carbonyl (C=O) groups is 1. The Bertz CT molecular complexity index is 619. The van der Waals surface area contributed by atoms with Gasteiger partial charge in [-0.2, -0.15) is 0 Å². The quantitative estimate of drug-likeness (QED) is 0.872. The maximum absolute atomic E-state index is 11.4. The number of halogens is 1. The Morgan fingerprint density at radius 2 is 2.17 bits per heavy atom. The molecule has 0 spiro atoms. The predicted molar refractivity (Wildman–Crippen MR) is 69.9 cm³/mol. The molecule has 0 radical (unpaired) electrons. The summed E-state index contributed by atoms with van der Waals surface area (Å²) in [5.41, 5.74) is 11.7. The van der Waals surface area contributed by atoms with Crippen LogP contribution in [-0.2, 0) is 11.3 Å². The Labute approximate surface area is 109 Å². The highest BCUT2D eigenvalue weighted by Crippen LogP contribution is 2.28. The van der Waals surface area contributed by atoms with Crippen LogP contribution < -0.4 is 11.5 Å². The van der Waals surface area contributed by atoms with Crippen LogP contribution in [0.4, 0.5) is 5.95 Å². The number of carbonyl (C=O) groups excluding carboxylic acids is 1. The van der Waals surface area contributed by atoms with Crippen LogP contribution in [-0.4, -0.2) is 20.4 Å². The summed E-state index contributed by atoms with van der Waals surface area (Å²) >= 11 is 6.09. The Balaban J connectivity index is 2.58. The summed E-state index contributed by atoms with van der Waals surface area (Å²) < 4.78 is 1.68. The van der Waals surface area contributed by atoms with Gasteiger partial charge in [-0.3, -0.25) is 9.78 Å². The van der Waals surface area contributed by atoms with Gasteiger partial charge in [0, 0.05) is 12.7 Å². The number of hydrogen-bond acceptors (Lipinski definition) is 4. The second kappa shape index (κ2) is 4.13. The van der Waals surface area contributed by atoms with Crippen molar-refractivity contribution in [2.24, 2.45) is 11.1 Å². The number of rotatable bonds is 3. The van der Waals surface area contributed by atoms with Crippen LogP contribution >= 0.6 is 11.6 Å². The van der Waals surface area contributed by atoms with Gasteiger partial charge in [0.2, 0.25) is 11.9 Å². The zero-order chi connectivity index (χ0) is 13.5. The number of nitrogen functional groups attached to an aromatic ring is 1. The number of nitrogens with two attached hydrogens (primary N) is 2. The van der Waals surface area contributed by atoms with Gasteiger partial charge in [-0.05, 0) is 13.8 Å². The molecule has 2 rings (SSSR count). The number of aromatic nitrogens is 3. The molecule has 0 unspecified atom stereocenters. The molecule has 7 heteroatoms. The number of pyridine rings is 1. The minimum Gasteiger partial charge on any atom is -0.369 e. The molecule has 2 aromatic rings. The second-order valence-electron chi connectivity index (χ2n) is 4.79. The molecule has 0 bridgehead atoms. The van der Waals surface area contributed by atoms with Gasteiger partial charge in [-0.25, -0.2) is 4.98 Å². The van der Waals surface area contributed by atoms with Crippen LogP contribution in [0.3, 0.4) is 0 Å². The van der Waals surface area contributed by atoms with E-state index in [2.05, 4.69) is 9.97 Å². The van der Waals surface area contributed by atoms with Crippen LogP contribution in [0.1, 0.15) is 13.8 Å². The van der Waals surface area contributed by atoms with Gasteiger partial charge >= 0.3 is 0 Å². The van der Waals surface area contributed by atoms with Gasteiger partial charge in [0.15, 0.2) is 0 Å². The van der Waals surface area contributed by atoms with Crippen LogP contribution in [0.5, 0.6) is 0 Å². The van der Waals surface area contributed by atoms with Gasteiger partial charge in [-0.1, -0.05) is 11.6 Å². The zero-order valence-electron chi connectivity index (χ0n) is 10.1. The van der Waals surface area contributed by atoms with Crippen LogP contribution in [0.2, 0.25) is 5.02 Å². The molecule has 1 amide bonds. The summed E-state index contributed by atoms with van der Waals surface area (Å²) in [4.78, 5) is 19.5. The van der Waals surface area contributed by atoms with Crippen LogP contribution in [0.15, 0.2) is 12.4 Å². The van der Waals surface area contributed by atoms with Crippen molar-refractivity contribution in [1.29, 1.82) is 0 Å². The first-order chi connectivity index (χ1) is 8.33. The van der Waals surface area contributed by atoms with Gasteiger partial charge in [0.1, 0.15) is 5.52 Å². The topological polar surface area (TPSA) is 99.8 Å². The third kappa shape index (κ3) is 1.99. The highest BCUT2D eigenvalue weighted by molar-refractivity contribution is 6.34. The Kier molecular flexibility index (Phi) is 2.90. The van der Waals surface area contributed by atoms with Gasteiger partial charge in [0.05, 0.1) is 22.2 Å². The van der Waals surface area contributed by atoms with E-state index in [1.165, 1.54) is 6.20 Å². The first-order valence-electron chi connectivity index (χ1n) is 5.38. The lowest BCUT2D eigenvalue weighted by atomic mass is 9.92. The van der Waals surface area contributed by atoms with Crippen molar-refractivity contribution in [1.82, 2.24) is 14.5 Å². The minimum absolute atomic E-state index is 0.286. The van der Waals surface area contributed by atoms with Crippen molar-refractivity contribution < 1.29 is 4.79 Å². The number of nitrogens with zero attached hydrogens (tertiary/aromatic N) is 3. The van der Waals surface area contributed by atoms with Crippen molar-refractivity contribution in [2.75, 3.05) is 5.73 Å². The Morgan fingerprint density at radius 3 is 2.78 bits per heavy atom.